The molecule has 0 radical (unpaired) electrons. The molecule has 0 fully saturated rings. The number of nitrogen functional groups attached to an aromatic ring is 1. The minimum atomic E-state index is -1.47. The summed E-state index contributed by atoms with van der Waals surface area (Å²) in [5.74, 6) is -1.27. The van der Waals surface area contributed by atoms with Crippen molar-refractivity contribution in [3.8, 4) is 0 Å². The summed E-state index contributed by atoms with van der Waals surface area (Å²) >= 11 is 0.809. The Morgan fingerprint density at radius 1 is 1.46 bits per heavy atom. The Balaban J connectivity index is 2.74. The molecule has 70 valence electrons. The molecule has 1 aromatic rings. The quantitative estimate of drug-likeness (QED) is 0.380. The van der Waals surface area contributed by atoms with E-state index in [4.69, 9.17) is 15.9 Å². The molecule has 0 aliphatic rings. The van der Waals surface area contributed by atoms with Crippen molar-refractivity contribution in [2.75, 3.05) is 5.73 Å². The molecule has 5 heteroatoms. The molecule has 0 aliphatic heterocycles. The Kier molecular flexibility index (Phi) is 3.16. The average molecular weight is 199 g/mol. The van der Waals surface area contributed by atoms with E-state index < -0.39 is 11.4 Å². The standard InChI is InChI=1S/C8H9NO3S/c9-5-3-1-2-4-6(5)13-8(12)7(10)11/h1-4,8,12H,9H2,(H,10,11). The molecule has 0 aliphatic carbocycles. The predicted octanol–water partition coefficient (Wildman–Crippen LogP) is 0.764. The van der Waals surface area contributed by atoms with Crippen molar-refractivity contribution in [2.45, 2.75) is 10.3 Å². The van der Waals surface area contributed by atoms with E-state index in [1.54, 1.807) is 24.3 Å². The van der Waals surface area contributed by atoms with Crippen LogP contribution in [0.3, 0.4) is 0 Å². The number of hydrogen-bond acceptors (Lipinski definition) is 4. The van der Waals surface area contributed by atoms with Crippen molar-refractivity contribution < 1.29 is 15.0 Å². The van der Waals surface area contributed by atoms with Gasteiger partial charge in [0.05, 0.1) is 0 Å². The van der Waals surface area contributed by atoms with Gasteiger partial charge in [-0.15, -0.1) is 0 Å². The van der Waals surface area contributed by atoms with Gasteiger partial charge in [-0.25, -0.2) is 4.79 Å². The van der Waals surface area contributed by atoms with Crippen molar-refractivity contribution in [3.63, 3.8) is 0 Å². The number of carboxylic acids is 1. The number of hydrogen-bond donors (Lipinski definition) is 3. The maximum Gasteiger partial charge on any atom is 0.343 e. The first-order chi connectivity index (χ1) is 6.11. The van der Waals surface area contributed by atoms with Gasteiger partial charge in [0.15, 0.2) is 0 Å². The molecule has 1 aromatic carbocycles. The zero-order valence-corrected chi connectivity index (χ0v) is 7.49. The smallest absolute Gasteiger partial charge is 0.343 e. The SMILES string of the molecule is Nc1ccccc1SC(O)C(=O)O. The van der Waals surface area contributed by atoms with Crippen LogP contribution in [0.4, 0.5) is 5.69 Å². The molecule has 1 unspecified atom stereocenters. The lowest BCUT2D eigenvalue weighted by molar-refractivity contribution is -0.141. The van der Waals surface area contributed by atoms with Crippen molar-refractivity contribution in [2.24, 2.45) is 0 Å². The van der Waals surface area contributed by atoms with Gasteiger partial charge in [0.1, 0.15) is 0 Å². The number of aliphatic hydroxyl groups is 1. The number of aliphatic carboxylic acids is 1. The van der Waals surface area contributed by atoms with E-state index in [0.29, 0.717) is 10.6 Å². The number of nitrogens with two attached hydrogens (primary N) is 1. The first-order valence-electron chi connectivity index (χ1n) is 3.53. The molecule has 0 bridgehead atoms. The Morgan fingerprint density at radius 2 is 2.08 bits per heavy atom. The molecule has 0 amide bonds. The van der Waals surface area contributed by atoms with Crippen LogP contribution in [0.15, 0.2) is 29.2 Å². The first-order valence-corrected chi connectivity index (χ1v) is 4.41. The highest BCUT2D eigenvalue weighted by Gasteiger charge is 2.15. The van der Waals surface area contributed by atoms with Gasteiger partial charge in [0.25, 0.3) is 0 Å². The van der Waals surface area contributed by atoms with Crippen LogP contribution in [0.5, 0.6) is 0 Å². The Hall–Kier alpha value is -1.20. The van der Waals surface area contributed by atoms with Crippen molar-refractivity contribution in [1.82, 2.24) is 0 Å². The van der Waals surface area contributed by atoms with Crippen LogP contribution in [0.25, 0.3) is 0 Å². The fraction of sp³-hybridized carbons (Fsp3) is 0.125. The van der Waals surface area contributed by atoms with Crippen LogP contribution < -0.4 is 5.73 Å². The van der Waals surface area contributed by atoms with E-state index in [0.717, 1.165) is 11.8 Å². The van der Waals surface area contributed by atoms with Crippen molar-refractivity contribution in [3.05, 3.63) is 24.3 Å². The normalized spacial score (nSPS) is 12.4. The van der Waals surface area contributed by atoms with E-state index >= 15 is 0 Å². The largest absolute Gasteiger partial charge is 0.479 e. The summed E-state index contributed by atoms with van der Waals surface area (Å²) < 4.78 is 0. The first kappa shape index (κ1) is 9.88. The number of benzene rings is 1. The van der Waals surface area contributed by atoms with Crippen LogP contribution in [-0.2, 0) is 4.79 Å². The second-order valence-electron chi connectivity index (χ2n) is 2.35. The van der Waals surface area contributed by atoms with Gasteiger partial charge >= 0.3 is 5.97 Å². The molecule has 0 saturated carbocycles. The second kappa shape index (κ2) is 4.15. The summed E-state index contributed by atoms with van der Waals surface area (Å²) in [6.45, 7) is 0. The third-order valence-corrected chi connectivity index (χ3v) is 2.42. The summed E-state index contributed by atoms with van der Waals surface area (Å²) in [5, 5.41) is 17.4. The van der Waals surface area contributed by atoms with Gasteiger partial charge in [-0.3, -0.25) is 0 Å². The van der Waals surface area contributed by atoms with Gasteiger partial charge in [-0.05, 0) is 12.1 Å². The van der Waals surface area contributed by atoms with E-state index in [1.807, 2.05) is 0 Å². The predicted molar refractivity (Wildman–Crippen MR) is 50.4 cm³/mol. The van der Waals surface area contributed by atoms with Crippen molar-refractivity contribution in [1.29, 1.82) is 0 Å². The maximum absolute atomic E-state index is 10.3. The highest BCUT2D eigenvalue weighted by Crippen LogP contribution is 2.27. The Morgan fingerprint density at radius 3 is 2.62 bits per heavy atom. The average Bonchev–Trinajstić information content (AvgIpc) is 2.08. The number of rotatable bonds is 3. The molecule has 1 rings (SSSR count). The minimum absolute atomic E-state index is 0.466. The fourth-order valence-electron chi connectivity index (χ4n) is 0.759. The lowest BCUT2D eigenvalue weighted by Crippen LogP contribution is -2.14. The monoisotopic (exact) mass is 199 g/mol. The zero-order chi connectivity index (χ0) is 9.84. The van der Waals surface area contributed by atoms with Crippen LogP contribution in [0.1, 0.15) is 0 Å². The van der Waals surface area contributed by atoms with Gasteiger partial charge in [0.2, 0.25) is 5.44 Å². The molecular weight excluding hydrogens is 190 g/mol. The lowest BCUT2D eigenvalue weighted by atomic mass is 10.3. The molecule has 0 spiro atoms. The van der Waals surface area contributed by atoms with Crippen LogP contribution in [0, 0.1) is 0 Å². The van der Waals surface area contributed by atoms with Gasteiger partial charge < -0.3 is 15.9 Å². The summed E-state index contributed by atoms with van der Waals surface area (Å²) in [4.78, 5) is 10.9. The molecular formula is C8H9NO3S. The molecule has 13 heavy (non-hydrogen) atoms. The summed E-state index contributed by atoms with van der Waals surface area (Å²) in [6.07, 6.45) is 0. The minimum Gasteiger partial charge on any atom is -0.479 e. The molecule has 0 aromatic heterocycles. The van der Waals surface area contributed by atoms with Gasteiger partial charge in [-0.2, -0.15) is 0 Å². The molecule has 0 heterocycles. The van der Waals surface area contributed by atoms with Crippen LogP contribution in [-0.4, -0.2) is 21.6 Å². The maximum atomic E-state index is 10.3. The third-order valence-electron chi connectivity index (χ3n) is 1.37. The zero-order valence-electron chi connectivity index (χ0n) is 6.68. The molecule has 4 N–H and O–H groups in total. The summed E-state index contributed by atoms with van der Waals surface area (Å²) in [5.41, 5.74) is 4.54. The van der Waals surface area contributed by atoms with Gasteiger partial charge in [-0.1, -0.05) is 23.9 Å². The summed E-state index contributed by atoms with van der Waals surface area (Å²) in [6, 6.07) is 6.78. The van der Waals surface area contributed by atoms with E-state index in [1.165, 1.54) is 0 Å². The number of anilines is 1. The van der Waals surface area contributed by atoms with Crippen LogP contribution in [0.2, 0.25) is 0 Å². The number of carboxylic acid groups (broad SMARTS) is 1. The van der Waals surface area contributed by atoms with E-state index in [9.17, 15) is 4.79 Å². The topological polar surface area (TPSA) is 83.5 Å². The number of para-hydroxylation sites is 1. The lowest BCUT2D eigenvalue weighted by Gasteiger charge is -2.06. The second-order valence-corrected chi connectivity index (χ2v) is 3.47. The Bertz CT molecular complexity index is 316. The Labute approximate surface area is 79.4 Å². The third kappa shape index (κ3) is 2.64. The summed E-state index contributed by atoms with van der Waals surface area (Å²) in [7, 11) is 0. The van der Waals surface area contributed by atoms with Gasteiger partial charge in [0, 0.05) is 10.6 Å². The van der Waals surface area contributed by atoms with E-state index in [-0.39, 0.29) is 0 Å². The molecule has 4 nitrogen and oxygen atoms in total. The highest BCUT2D eigenvalue weighted by molar-refractivity contribution is 8.00. The highest BCUT2D eigenvalue weighted by atomic mass is 32.2. The number of aliphatic hydroxyl groups excluding tert-OH is 1. The fourth-order valence-corrected chi connectivity index (χ4v) is 1.46. The molecule has 0 saturated heterocycles. The number of thioether (sulfide) groups is 1. The van der Waals surface area contributed by atoms with Crippen LogP contribution >= 0.6 is 11.8 Å². The number of carbonyl (C=O) groups is 1. The molecule has 1 atom stereocenters. The van der Waals surface area contributed by atoms with Crippen molar-refractivity contribution >= 4 is 23.4 Å². The van der Waals surface area contributed by atoms with E-state index in [2.05, 4.69) is 0 Å².